The van der Waals surface area contributed by atoms with Gasteiger partial charge in [-0.2, -0.15) is 0 Å². The fourth-order valence-electron chi connectivity index (χ4n) is 1.93. The van der Waals surface area contributed by atoms with Gasteiger partial charge in [-0.15, -0.1) is 0 Å². The molecule has 0 unspecified atom stereocenters. The molecule has 0 heterocycles. The highest BCUT2D eigenvalue weighted by atomic mass is 79.9. The maximum atomic E-state index is 11.8. The van der Waals surface area contributed by atoms with Crippen molar-refractivity contribution in [1.82, 2.24) is 0 Å². The van der Waals surface area contributed by atoms with E-state index in [-0.39, 0.29) is 0 Å². The Labute approximate surface area is 105 Å². The summed E-state index contributed by atoms with van der Waals surface area (Å²) in [6, 6.07) is 8.17. The predicted molar refractivity (Wildman–Crippen MR) is 69.7 cm³/mol. The molecule has 1 aliphatic carbocycles. The smallest absolute Gasteiger partial charge is 0.137 e. The van der Waals surface area contributed by atoms with Gasteiger partial charge in [0.1, 0.15) is 5.78 Å². The number of ketones is 1. The molecule has 0 N–H and O–H groups in total. The van der Waals surface area contributed by atoms with Crippen LogP contribution in [0.15, 0.2) is 24.3 Å². The lowest BCUT2D eigenvalue weighted by molar-refractivity contribution is -0.118. The molecule has 0 amide bonds. The van der Waals surface area contributed by atoms with E-state index in [0.29, 0.717) is 12.2 Å². The molecule has 1 saturated carbocycles. The lowest BCUT2D eigenvalue weighted by atomic mass is 10.0. The van der Waals surface area contributed by atoms with Gasteiger partial charge >= 0.3 is 0 Å². The molecule has 0 aliphatic heterocycles. The second-order valence-corrected chi connectivity index (χ2v) is 5.16. The molecule has 0 atom stereocenters. The van der Waals surface area contributed by atoms with Gasteiger partial charge in [0.05, 0.1) is 0 Å². The first kappa shape index (κ1) is 11.8. The number of hydrogen-bond acceptors (Lipinski definition) is 1. The molecule has 0 spiro atoms. The first-order valence-corrected chi connectivity index (χ1v) is 7.06. The fourth-order valence-corrected chi connectivity index (χ4v) is 2.48. The summed E-state index contributed by atoms with van der Waals surface area (Å²) >= 11 is 3.46. The number of carbonyl (C=O) groups excluding carboxylic acids is 1. The van der Waals surface area contributed by atoms with Crippen molar-refractivity contribution < 1.29 is 4.79 Å². The molecule has 0 radical (unpaired) electrons. The highest BCUT2D eigenvalue weighted by Gasteiger charge is 2.21. The van der Waals surface area contributed by atoms with E-state index in [1.165, 1.54) is 24.0 Å². The van der Waals surface area contributed by atoms with Crippen LogP contribution in [0.25, 0.3) is 0 Å². The van der Waals surface area contributed by atoms with Gasteiger partial charge in [-0.3, -0.25) is 4.79 Å². The first-order valence-electron chi connectivity index (χ1n) is 5.94. The molecule has 0 aromatic heterocycles. The van der Waals surface area contributed by atoms with Gasteiger partial charge in [0.15, 0.2) is 0 Å². The molecule has 1 aromatic carbocycles. The molecule has 2 heteroatoms. The molecular weight excluding hydrogens is 264 g/mol. The largest absolute Gasteiger partial charge is 0.299 e. The molecule has 0 saturated heterocycles. The van der Waals surface area contributed by atoms with Crippen LogP contribution in [0.1, 0.15) is 36.8 Å². The third kappa shape index (κ3) is 3.44. The highest BCUT2D eigenvalue weighted by molar-refractivity contribution is 9.08. The van der Waals surface area contributed by atoms with Crippen LogP contribution in [-0.2, 0) is 16.5 Å². The Balaban J connectivity index is 1.88. The van der Waals surface area contributed by atoms with E-state index in [1.54, 1.807) is 0 Å². The monoisotopic (exact) mass is 280 g/mol. The van der Waals surface area contributed by atoms with E-state index >= 15 is 0 Å². The molecule has 0 bridgehead atoms. The molecule has 1 nitrogen and oxygen atoms in total. The second kappa shape index (κ2) is 5.62. The lowest BCUT2D eigenvalue weighted by Gasteiger charge is -2.06. The zero-order valence-electron chi connectivity index (χ0n) is 9.42. The Kier molecular flexibility index (Phi) is 4.16. The van der Waals surface area contributed by atoms with E-state index in [9.17, 15) is 4.79 Å². The number of Topliss-reactive ketones (excluding diaryl/α,β-unsaturated/α-hetero) is 1. The van der Waals surface area contributed by atoms with Crippen LogP contribution in [0.5, 0.6) is 0 Å². The van der Waals surface area contributed by atoms with E-state index in [1.807, 2.05) is 12.1 Å². The van der Waals surface area contributed by atoms with Gasteiger partial charge in [0.25, 0.3) is 0 Å². The first-order chi connectivity index (χ1) is 7.79. The number of carbonyl (C=O) groups is 1. The molecule has 1 fully saturated rings. The van der Waals surface area contributed by atoms with Crippen molar-refractivity contribution in [2.75, 3.05) is 0 Å². The second-order valence-electron chi connectivity index (χ2n) is 4.60. The Morgan fingerprint density at radius 3 is 2.56 bits per heavy atom. The van der Waals surface area contributed by atoms with Gasteiger partial charge in [-0.05, 0) is 23.5 Å². The van der Waals surface area contributed by atoms with Crippen LogP contribution >= 0.6 is 15.9 Å². The number of alkyl halides is 1. The maximum Gasteiger partial charge on any atom is 0.137 e. The van der Waals surface area contributed by atoms with Crippen molar-refractivity contribution in [3.05, 3.63) is 35.4 Å². The van der Waals surface area contributed by atoms with E-state index in [0.717, 1.165) is 24.1 Å². The summed E-state index contributed by atoms with van der Waals surface area (Å²) in [5, 5.41) is 0.832. The summed E-state index contributed by atoms with van der Waals surface area (Å²) in [6.07, 6.45) is 5.15. The third-order valence-corrected chi connectivity index (χ3v) is 3.78. The SMILES string of the molecule is O=C(CCC1CC1)Cc1ccccc1CBr. The highest BCUT2D eigenvalue weighted by Crippen LogP contribution is 2.33. The van der Waals surface area contributed by atoms with Gasteiger partial charge in [-0.25, -0.2) is 0 Å². The topological polar surface area (TPSA) is 17.1 Å². The normalized spacial score (nSPS) is 15.1. The van der Waals surface area contributed by atoms with Crippen LogP contribution in [-0.4, -0.2) is 5.78 Å². The van der Waals surface area contributed by atoms with Crippen molar-refractivity contribution in [3.63, 3.8) is 0 Å². The van der Waals surface area contributed by atoms with Crippen molar-refractivity contribution in [1.29, 1.82) is 0 Å². The quantitative estimate of drug-likeness (QED) is 0.723. The Morgan fingerprint density at radius 2 is 1.94 bits per heavy atom. The minimum atomic E-state index is 0.389. The number of halogens is 1. The summed E-state index contributed by atoms with van der Waals surface area (Å²) in [4.78, 5) is 11.8. The van der Waals surface area contributed by atoms with E-state index in [2.05, 4.69) is 28.1 Å². The zero-order chi connectivity index (χ0) is 11.4. The molecule has 2 rings (SSSR count). The van der Waals surface area contributed by atoms with E-state index in [4.69, 9.17) is 0 Å². The van der Waals surface area contributed by atoms with Crippen molar-refractivity contribution in [2.45, 2.75) is 37.4 Å². The predicted octanol–water partition coefficient (Wildman–Crippen LogP) is 3.88. The molecule has 16 heavy (non-hydrogen) atoms. The van der Waals surface area contributed by atoms with Gasteiger partial charge in [0.2, 0.25) is 0 Å². The maximum absolute atomic E-state index is 11.8. The number of rotatable bonds is 6. The average Bonchev–Trinajstić information content (AvgIpc) is 3.11. The number of benzene rings is 1. The molecule has 86 valence electrons. The minimum absolute atomic E-state index is 0.389. The summed E-state index contributed by atoms with van der Waals surface area (Å²) in [6.45, 7) is 0. The van der Waals surface area contributed by atoms with Crippen LogP contribution in [0, 0.1) is 5.92 Å². The fraction of sp³-hybridized carbons (Fsp3) is 0.500. The average molecular weight is 281 g/mol. The zero-order valence-corrected chi connectivity index (χ0v) is 11.0. The lowest BCUT2D eigenvalue weighted by Crippen LogP contribution is -2.04. The van der Waals surface area contributed by atoms with Gasteiger partial charge < -0.3 is 0 Å². The summed E-state index contributed by atoms with van der Waals surface area (Å²) in [7, 11) is 0. The molecular formula is C14H17BrO. The molecule has 1 aliphatic rings. The number of hydrogen-bond donors (Lipinski definition) is 0. The Bertz CT molecular complexity index is 369. The summed E-state index contributed by atoms with van der Waals surface area (Å²) in [5.41, 5.74) is 2.42. The van der Waals surface area contributed by atoms with E-state index < -0.39 is 0 Å². The van der Waals surface area contributed by atoms with Crippen molar-refractivity contribution in [3.8, 4) is 0 Å². The Morgan fingerprint density at radius 1 is 1.25 bits per heavy atom. The Hall–Kier alpha value is -0.630. The minimum Gasteiger partial charge on any atom is -0.299 e. The summed E-state index contributed by atoms with van der Waals surface area (Å²) in [5.74, 6) is 1.25. The third-order valence-electron chi connectivity index (χ3n) is 3.18. The van der Waals surface area contributed by atoms with Crippen molar-refractivity contribution in [2.24, 2.45) is 5.92 Å². The van der Waals surface area contributed by atoms with Crippen LogP contribution < -0.4 is 0 Å². The van der Waals surface area contributed by atoms with Crippen LogP contribution in [0.2, 0.25) is 0 Å². The van der Waals surface area contributed by atoms with Crippen LogP contribution in [0.4, 0.5) is 0 Å². The van der Waals surface area contributed by atoms with Crippen LogP contribution in [0.3, 0.4) is 0 Å². The van der Waals surface area contributed by atoms with Gasteiger partial charge in [-0.1, -0.05) is 53.0 Å². The van der Waals surface area contributed by atoms with Crippen molar-refractivity contribution >= 4 is 21.7 Å². The van der Waals surface area contributed by atoms with Gasteiger partial charge in [0, 0.05) is 18.2 Å². The standard InChI is InChI=1S/C14H17BrO/c15-10-13-4-2-1-3-12(13)9-14(16)8-7-11-5-6-11/h1-4,11H,5-10H2. The molecule has 1 aromatic rings. The summed E-state index contributed by atoms with van der Waals surface area (Å²) < 4.78 is 0.